The largest absolute Gasteiger partial charge is 0.356 e. The first-order valence-corrected chi connectivity index (χ1v) is 8.23. The van der Waals surface area contributed by atoms with E-state index in [4.69, 9.17) is 0 Å². The van der Waals surface area contributed by atoms with Crippen LogP contribution in [0.2, 0.25) is 0 Å². The zero-order valence-corrected chi connectivity index (χ0v) is 12.7. The number of nitrogens with zero attached hydrogens (tertiary/aromatic N) is 3. The number of anilines is 1. The molecule has 22 heavy (non-hydrogen) atoms. The van der Waals surface area contributed by atoms with Crippen LogP contribution in [0.15, 0.2) is 54.6 Å². The summed E-state index contributed by atoms with van der Waals surface area (Å²) in [6.45, 7) is 4.62. The second-order valence-electron chi connectivity index (χ2n) is 6.36. The van der Waals surface area contributed by atoms with Gasteiger partial charge in [-0.15, -0.1) is 0 Å². The molecule has 0 amide bonds. The second kappa shape index (κ2) is 4.60. The van der Waals surface area contributed by atoms with Crippen LogP contribution in [0.25, 0.3) is 0 Å². The van der Waals surface area contributed by atoms with E-state index >= 15 is 0 Å². The summed E-state index contributed by atoms with van der Waals surface area (Å²) in [5, 5.41) is 0. The van der Waals surface area contributed by atoms with E-state index in [1.54, 1.807) is 0 Å². The summed E-state index contributed by atoms with van der Waals surface area (Å²) in [5.41, 5.74) is 4.24. The molecule has 0 spiro atoms. The highest BCUT2D eigenvalue weighted by atomic mass is 15.5. The molecule has 1 unspecified atom stereocenters. The van der Waals surface area contributed by atoms with Gasteiger partial charge in [0.15, 0.2) is 0 Å². The van der Waals surface area contributed by atoms with Gasteiger partial charge in [-0.2, -0.15) is 0 Å². The van der Waals surface area contributed by atoms with Gasteiger partial charge in [-0.25, -0.2) is 4.90 Å². The molecule has 0 N–H and O–H groups in total. The number of rotatable bonds is 1. The standard InChI is InChI=1S/C19H20N3/c1-2-7-15(8-3-1)18-16-9-4-5-10-17(16)21-14-13-20-11-6-12-22(18)19(20)21/h1-5,7-10,18H,6,11-14H2/q+1. The summed E-state index contributed by atoms with van der Waals surface area (Å²) in [7, 11) is 0. The quantitative estimate of drug-likeness (QED) is 0.747. The number of hydrogen-bond donors (Lipinski definition) is 0. The lowest BCUT2D eigenvalue weighted by atomic mass is 9.93. The molecule has 0 aliphatic carbocycles. The van der Waals surface area contributed by atoms with E-state index < -0.39 is 0 Å². The molecule has 1 atom stereocenters. The fourth-order valence-electron chi connectivity index (χ4n) is 4.27. The molecule has 0 bridgehead atoms. The van der Waals surface area contributed by atoms with E-state index in [1.807, 2.05) is 0 Å². The van der Waals surface area contributed by atoms with Crippen LogP contribution in [-0.4, -0.2) is 41.6 Å². The molecule has 3 aliphatic rings. The molecule has 3 nitrogen and oxygen atoms in total. The fraction of sp³-hybridized carbons (Fsp3) is 0.316. The average molecular weight is 290 g/mol. The van der Waals surface area contributed by atoms with Crippen molar-refractivity contribution in [3.8, 4) is 0 Å². The zero-order valence-electron chi connectivity index (χ0n) is 12.7. The van der Waals surface area contributed by atoms with Gasteiger partial charge in [0.05, 0.1) is 19.6 Å². The average Bonchev–Trinajstić information content (AvgIpc) is 3.02. The highest BCUT2D eigenvalue weighted by Crippen LogP contribution is 2.42. The first-order chi connectivity index (χ1) is 10.9. The third kappa shape index (κ3) is 1.59. The first kappa shape index (κ1) is 12.3. The Morgan fingerprint density at radius 2 is 1.68 bits per heavy atom. The number of benzene rings is 2. The summed E-state index contributed by atoms with van der Waals surface area (Å²) in [6, 6.07) is 20.3. The number of para-hydroxylation sites is 1. The van der Waals surface area contributed by atoms with Crippen LogP contribution in [0, 0.1) is 0 Å². The zero-order chi connectivity index (χ0) is 14.5. The Hall–Kier alpha value is -2.29. The minimum Gasteiger partial charge on any atom is -0.261 e. The van der Waals surface area contributed by atoms with Crippen molar-refractivity contribution in [3.05, 3.63) is 65.7 Å². The van der Waals surface area contributed by atoms with E-state index in [-0.39, 0.29) is 0 Å². The Morgan fingerprint density at radius 3 is 2.59 bits per heavy atom. The molecular formula is C19H20N3+. The lowest BCUT2D eigenvalue weighted by molar-refractivity contribution is -0.528. The minimum absolute atomic E-state index is 0.351. The summed E-state index contributed by atoms with van der Waals surface area (Å²) >= 11 is 0. The van der Waals surface area contributed by atoms with Crippen molar-refractivity contribution >= 4 is 11.6 Å². The lowest BCUT2D eigenvalue weighted by Crippen LogP contribution is -2.53. The van der Waals surface area contributed by atoms with Gasteiger partial charge in [-0.05, 0) is 11.6 Å². The molecule has 3 aliphatic heterocycles. The van der Waals surface area contributed by atoms with E-state index in [2.05, 4.69) is 69.0 Å². The highest BCUT2D eigenvalue weighted by molar-refractivity contribution is 5.97. The van der Waals surface area contributed by atoms with Crippen LogP contribution in [0.5, 0.6) is 0 Å². The first-order valence-electron chi connectivity index (χ1n) is 8.23. The van der Waals surface area contributed by atoms with Crippen LogP contribution in [-0.2, 0) is 0 Å². The van der Waals surface area contributed by atoms with Gasteiger partial charge in [-0.1, -0.05) is 48.5 Å². The van der Waals surface area contributed by atoms with Crippen molar-refractivity contribution in [1.82, 2.24) is 4.90 Å². The molecule has 3 heteroatoms. The molecular weight excluding hydrogens is 270 g/mol. The fourth-order valence-corrected chi connectivity index (χ4v) is 4.27. The van der Waals surface area contributed by atoms with Crippen LogP contribution in [0.1, 0.15) is 23.6 Å². The van der Waals surface area contributed by atoms with Gasteiger partial charge in [0, 0.05) is 12.0 Å². The molecule has 3 heterocycles. The molecule has 0 fully saturated rings. The summed E-state index contributed by atoms with van der Waals surface area (Å²) in [4.78, 5) is 5.14. The van der Waals surface area contributed by atoms with E-state index in [0.29, 0.717) is 6.04 Å². The molecule has 0 saturated carbocycles. The topological polar surface area (TPSA) is 9.49 Å². The predicted octanol–water partition coefficient (Wildman–Crippen LogP) is 2.68. The number of fused-ring (bicyclic) bond motifs is 2. The number of hydrogen-bond acceptors (Lipinski definition) is 2. The Labute approximate surface area is 131 Å². The third-order valence-electron chi connectivity index (χ3n) is 5.15. The predicted molar refractivity (Wildman–Crippen MR) is 88.4 cm³/mol. The summed E-state index contributed by atoms with van der Waals surface area (Å²) in [5.74, 6) is 1.43. The van der Waals surface area contributed by atoms with Gasteiger partial charge >= 0.3 is 5.96 Å². The van der Waals surface area contributed by atoms with Gasteiger partial charge in [0.25, 0.3) is 0 Å². The summed E-state index contributed by atoms with van der Waals surface area (Å²) < 4.78 is 2.56. The van der Waals surface area contributed by atoms with Gasteiger partial charge < -0.3 is 0 Å². The Bertz CT molecular complexity index is 750. The molecule has 0 radical (unpaired) electrons. The smallest absolute Gasteiger partial charge is 0.261 e. The third-order valence-corrected chi connectivity index (χ3v) is 5.15. The minimum atomic E-state index is 0.351. The van der Waals surface area contributed by atoms with Crippen LogP contribution >= 0.6 is 0 Å². The van der Waals surface area contributed by atoms with E-state index in [1.165, 1.54) is 35.7 Å². The Morgan fingerprint density at radius 1 is 0.864 bits per heavy atom. The van der Waals surface area contributed by atoms with Gasteiger partial charge in [0.2, 0.25) is 0 Å². The van der Waals surface area contributed by atoms with Crippen LogP contribution in [0.4, 0.5) is 5.69 Å². The van der Waals surface area contributed by atoms with Crippen molar-refractivity contribution in [3.63, 3.8) is 0 Å². The highest BCUT2D eigenvalue weighted by Gasteiger charge is 2.48. The van der Waals surface area contributed by atoms with Crippen molar-refractivity contribution in [2.24, 2.45) is 0 Å². The van der Waals surface area contributed by atoms with Crippen molar-refractivity contribution in [1.29, 1.82) is 0 Å². The van der Waals surface area contributed by atoms with Crippen molar-refractivity contribution < 1.29 is 4.58 Å². The van der Waals surface area contributed by atoms with Gasteiger partial charge in [0.1, 0.15) is 18.3 Å². The molecule has 5 rings (SSSR count). The normalized spacial score (nSPS) is 22.6. The SMILES string of the molecule is c1ccc(C2c3ccccc3N3CC[N+]4=C3N2CCC4)cc1. The lowest BCUT2D eigenvalue weighted by Gasteiger charge is -2.39. The molecule has 110 valence electrons. The molecule has 2 aromatic carbocycles. The number of guanidine groups is 1. The molecule has 0 aromatic heterocycles. The maximum Gasteiger partial charge on any atom is 0.356 e. The monoisotopic (exact) mass is 290 g/mol. The van der Waals surface area contributed by atoms with Gasteiger partial charge in [-0.3, -0.25) is 9.48 Å². The molecule has 0 saturated heterocycles. The Kier molecular flexibility index (Phi) is 2.57. The second-order valence-corrected chi connectivity index (χ2v) is 6.36. The Balaban J connectivity index is 1.76. The van der Waals surface area contributed by atoms with Crippen LogP contribution < -0.4 is 4.90 Å². The summed E-state index contributed by atoms with van der Waals surface area (Å²) in [6.07, 6.45) is 1.25. The molecule has 2 aromatic rings. The van der Waals surface area contributed by atoms with Crippen molar-refractivity contribution in [2.45, 2.75) is 12.5 Å². The van der Waals surface area contributed by atoms with Crippen LogP contribution in [0.3, 0.4) is 0 Å². The maximum atomic E-state index is 2.62. The van der Waals surface area contributed by atoms with E-state index in [9.17, 15) is 0 Å². The van der Waals surface area contributed by atoms with Crippen molar-refractivity contribution in [2.75, 3.05) is 31.1 Å². The maximum absolute atomic E-state index is 2.62. The van der Waals surface area contributed by atoms with E-state index in [0.717, 1.165) is 19.6 Å².